The highest BCUT2D eigenvalue weighted by Gasteiger charge is 2.10. The van der Waals surface area contributed by atoms with Crippen LogP contribution in [0, 0.1) is 0 Å². The number of rotatable bonds is 3. The van der Waals surface area contributed by atoms with E-state index in [1.54, 1.807) is 6.20 Å². The Labute approximate surface area is 89.2 Å². The molecule has 3 heteroatoms. The van der Waals surface area contributed by atoms with Crippen LogP contribution in [-0.4, -0.2) is 6.17 Å². The molecule has 2 rings (SSSR count). The first kappa shape index (κ1) is 9.80. The Morgan fingerprint density at radius 1 is 1.27 bits per heavy atom. The van der Waals surface area contributed by atoms with E-state index in [2.05, 4.69) is 5.32 Å². The van der Waals surface area contributed by atoms with Gasteiger partial charge in [0.2, 0.25) is 0 Å². The summed E-state index contributed by atoms with van der Waals surface area (Å²) in [5, 5.41) is 2.97. The van der Waals surface area contributed by atoms with Gasteiger partial charge in [-0.2, -0.15) is 0 Å². The summed E-state index contributed by atoms with van der Waals surface area (Å²) in [5.74, 6) is 0.765. The molecule has 1 aliphatic rings. The average molecular weight is 202 g/mol. The van der Waals surface area contributed by atoms with Crippen molar-refractivity contribution in [3.8, 4) is 0 Å². The number of dihydropyridines is 1. The fraction of sp³-hybridized carbons (Fsp3) is 0.167. The van der Waals surface area contributed by atoms with E-state index in [1.807, 2.05) is 42.5 Å². The van der Waals surface area contributed by atoms with E-state index >= 15 is 0 Å². The van der Waals surface area contributed by atoms with E-state index in [0.717, 1.165) is 11.3 Å². The summed E-state index contributed by atoms with van der Waals surface area (Å²) in [7, 11) is 0. The van der Waals surface area contributed by atoms with Gasteiger partial charge in [-0.05, 0) is 23.9 Å². The van der Waals surface area contributed by atoms with Gasteiger partial charge in [0.05, 0.1) is 0 Å². The Hall–Kier alpha value is -1.74. The van der Waals surface area contributed by atoms with Crippen molar-refractivity contribution in [2.75, 3.05) is 0 Å². The van der Waals surface area contributed by atoms with Crippen LogP contribution in [0.3, 0.4) is 0 Å². The summed E-state index contributed by atoms with van der Waals surface area (Å²) < 4.78 is 5.60. The molecule has 0 aromatic heterocycles. The van der Waals surface area contributed by atoms with Crippen LogP contribution in [-0.2, 0) is 11.3 Å². The molecule has 3 nitrogen and oxygen atoms in total. The zero-order valence-corrected chi connectivity index (χ0v) is 8.39. The van der Waals surface area contributed by atoms with Crippen LogP contribution in [0.1, 0.15) is 5.56 Å². The van der Waals surface area contributed by atoms with E-state index in [9.17, 15) is 0 Å². The summed E-state index contributed by atoms with van der Waals surface area (Å²) in [6.07, 6.45) is 5.33. The quantitative estimate of drug-likeness (QED) is 0.780. The maximum Gasteiger partial charge on any atom is 0.133 e. The Balaban J connectivity index is 1.93. The second-order valence-corrected chi connectivity index (χ2v) is 3.35. The lowest BCUT2D eigenvalue weighted by molar-refractivity contribution is 0.175. The van der Waals surface area contributed by atoms with Gasteiger partial charge >= 0.3 is 0 Å². The largest absolute Gasteiger partial charge is 0.490 e. The smallest absolute Gasteiger partial charge is 0.133 e. The normalized spacial score (nSPS) is 19.3. The maximum atomic E-state index is 5.79. The summed E-state index contributed by atoms with van der Waals surface area (Å²) >= 11 is 0. The number of nitrogens with one attached hydrogen (secondary N) is 1. The molecular weight excluding hydrogens is 188 g/mol. The van der Waals surface area contributed by atoms with E-state index in [0.29, 0.717) is 6.61 Å². The van der Waals surface area contributed by atoms with Gasteiger partial charge < -0.3 is 15.8 Å². The molecule has 78 valence electrons. The fourth-order valence-electron chi connectivity index (χ4n) is 1.37. The van der Waals surface area contributed by atoms with E-state index in [1.165, 1.54) is 0 Å². The van der Waals surface area contributed by atoms with Crippen LogP contribution in [0.2, 0.25) is 0 Å². The van der Waals surface area contributed by atoms with Crippen molar-refractivity contribution >= 4 is 0 Å². The Bertz CT molecular complexity index is 370. The van der Waals surface area contributed by atoms with Gasteiger partial charge in [0.1, 0.15) is 18.5 Å². The fourth-order valence-corrected chi connectivity index (χ4v) is 1.37. The summed E-state index contributed by atoms with van der Waals surface area (Å²) in [4.78, 5) is 0. The molecule has 0 bridgehead atoms. The lowest BCUT2D eigenvalue weighted by Crippen LogP contribution is -2.37. The standard InChI is InChI=1S/C12H14N2O/c13-12-11(7-4-8-14-12)15-9-10-5-2-1-3-6-10/h1-8,12,14H,9,13H2. The molecule has 1 aliphatic heterocycles. The number of allylic oxidation sites excluding steroid dienone is 2. The second kappa shape index (κ2) is 4.66. The van der Waals surface area contributed by atoms with Crippen molar-refractivity contribution in [3.63, 3.8) is 0 Å². The highest BCUT2D eigenvalue weighted by molar-refractivity contribution is 5.18. The molecule has 1 atom stereocenters. The van der Waals surface area contributed by atoms with Crippen molar-refractivity contribution in [2.45, 2.75) is 12.8 Å². The van der Waals surface area contributed by atoms with Crippen molar-refractivity contribution in [2.24, 2.45) is 5.73 Å². The van der Waals surface area contributed by atoms with Crippen LogP contribution in [0.4, 0.5) is 0 Å². The van der Waals surface area contributed by atoms with Crippen molar-refractivity contribution in [1.29, 1.82) is 0 Å². The lowest BCUT2D eigenvalue weighted by atomic mass is 10.2. The van der Waals surface area contributed by atoms with Crippen molar-refractivity contribution in [3.05, 3.63) is 60.0 Å². The van der Waals surface area contributed by atoms with E-state index in [-0.39, 0.29) is 6.17 Å². The minimum atomic E-state index is -0.237. The van der Waals surface area contributed by atoms with Crippen LogP contribution < -0.4 is 11.1 Å². The third kappa shape index (κ3) is 2.60. The average Bonchev–Trinajstić information content (AvgIpc) is 2.29. The zero-order valence-electron chi connectivity index (χ0n) is 8.39. The molecule has 0 saturated carbocycles. The van der Waals surface area contributed by atoms with Crippen LogP contribution in [0.5, 0.6) is 0 Å². The monoisotopic (exact) mass is 202 g/mol. The highest BCUT2D eigenvalue weighted by atomic mass is 16.5. The lowest BCUT2D eigenvalue weighted by Gasteiger charge is -2.19. The van der Waals surface area contributed by atoms with Gasteiger partial charge in [-0.15, -0.1) is 0 Å². The molecule has 3 N–H and O–H groups in total. The SMILES string of the molecule is NC1NC=CC=C1OCc1ccccc1. The van der Waals surface area contributed by atoms with Gasteiger partial charge in [-0.3, -0.25) is 0 Å². The topological polar surface area (TPSA) is 47.3 Å². The molecule has 0 amide bonds. The van der Waals surface area contributed by atoms with Crippen LogP contribution >= 0.6 is 0 Å². The third-order valence-corrected chi connectivity index (χ3v) is 2.19. The first-order chi connectivity index (χ1) is 7.36. The highest BCUT2D eigenvalue weighted by Crippen LogP contribution is 2.09. The minimum Gasteiger partial charge on any atom is -0.490 e. The second-order valence-electron chi connectivity index (χ2n) is 3.35. The zero-order chi connectivity index (χ0) is 10.5. The van der Waals surface area contributed by atoms with Crippen molar-refractivity contribution < 1.29 is 4.74 Å². The third-order valence-electron chi connectivity index (χ3n) is 2.19. The first-order valence-corrected chi connectivity index (χ1v) is 4.91. The summed E-state index contributed by atoms with van der Waals surface area (Å²) in [6, 6.07) is 10.0. The minimum absolute atomic E-state index is 0.237. The van der Waals surface area contributed by atoms with Gasteiger partial charge in [-0.25, -0.2) is 0 Å². The molecule has 15 heavy (non-hydrogen) atoms. The van der Waals surface area contributed by atoms with Gasteiger partial charge in [0.15, 0.2) is 0 Å². The molecule has 1 heterocycles. The first-order valence-electron chi connectivity index (χ1n) is 4.91. The molecule has 0 radical (unpaired) electrons. The van der Waals surface area contributed by atoms with E-state index in [4.69, 9.17) is 10.5 Å². The maximum absolute atomic E-state index is 5.79. The number of nitrogens with two attached hydrogens (primary N) is 1. The number of hydrogen-bond acceptors (Lipinski definition) is 3. The predicted octanol–water partition coefficient (Wildman–Crippen LogP) is 1.49. The molecule has 1 unspecified atom stereocenters. The molecule has 0 saturated heterocycles. The Morgan fingerprint density at radius 3 is 2.80 bits per heavy atom. The molecule has 1 aromatic rings. The van der Waals surface area contributed by atoms with Crippen LogP contribution in [0.15, 0.2) is 54.4 Å². The van der Waals surface area contributed by atoms with Gasteiger partial charge in [0, 0.05) is 0 Å². The Kier molecular flexibility index (Phi) is 3.05. The molecular formula is C12H14N2O. The predicted molar refractivity (Wildman–Crippen MR) is 59.6 cm³/mol. The number of ether oxygens (including phenoxy) is 1. The molecule has 0 spiro atoms. The van der Waals surface area contributed by atoms with Gasteiger partial charge in [0.25, 0.3) is 0 Å². The number of benzene rings is 1. The van der Waals surface area contributed by atoms with Crippen LogP contribution in [0.25, 0.3) is 0 Å². The molecule has 0 fully saturated rings. The van der Waals surface area contributed by atoms with E-state index < -0.39 is 0 Å². The Morgan fingerprint density at radius 2 is 2.07 bits per heavy atom. The molecule has 0 aliphatic carbocycles. The number of hydrogen-bond donors (Lipinski definition) is 2. The molecule has 1 aromatic carbocycles. The van der Waals surface area contributed by atoms with Gasteiger partial charge in [-0.1, -0.05) is 30.3 Å². The summed E-state index contributed by atoms with van der Waals surface area (Å²) in [6.45, 7) is 0.551. The summed E-state index contributed by atoms with van der Waals surface area (Å²) in [5.41, 5.74) is 6.93. The van der Waals surface area contributed by atoms with Crippen molar-refractivity contribution in [1.82, 2.24) is 5.32 Å².